The van der Waals surface area contributed by atoms with Crippen LogP contribution in [0.4, 0.5) is 5.82 Å². The van der Waals surface area contributed by atoms with Gasteiger partial charge in [-0.15, -0.1) is 0 Å². The van der Waals surface area contributed by atoms with Gasteiger partial charge in [0.15, 0.2) is 11.8 Å². The maximum Gasteiger partial charge on any atom is 0.340 e. The van der Waals surface area contributed by atoms with Crippen LogP contribution in [0.3, 0.4) is 0 Å². The maximum atomic E-state index is 12.8. The Balaban J connectivity index is 1.31. The van der Waals surface area contributed by atoms with Crippen LogP contribution < -0.4 is 4.90 Å². The number of aromatic hydroxyl groups is 2. The van der Waals surface area contributed by atoms with Gasteiger partial charge in [0.1, 0.15) is 11.9 Å². The minimum Gasteiger partial charge on any atom is -0.494 e. The number of carbonyl (C=O) groups is 1. The van der Waals surface area contributed by atoms with Crippen LogP contribution in [0.15, 0.2) is 61.1 Å². The van der Waals surface area contributed by atoms with Crippen LogP contribution in [-0.2, 0) is 24.1 Å². The quantitative estimate of drug-likeness (QED) is 0.397. The Labute approximate surface area is 203 Å². The molecule has 3 aromatic heterocycles. The first kappa shape index (κ1) is 22.9. The number of carbonyl (C=O) groups excluding carboxylic acids is 1. The van der Waals surface area contributed by atoms with Crippen molar-refractivity contribution >= 4 is 11.8 Å². The van der Waals surface area contributed by atoms with Gasteiger partial charge in [-0.05, 0) is 37.1 Å². The summed E-state index contributed by atoms with van der Waals surface area (Å²) in [5.41, 5.74) is 1.82. The number of fused-ring (bicyclic) bond motifs is 1. The molecule has 1 aliphatic heterocycles. The van der Waals surface area contributed by atoms with Crippen molar-refractivity contribution in [2.75, 3.05) is 37.6 Å². The normalized spacial score (nSPS) is 16.6. The Bertz CT molecular complexity index is 1160. The zero-order valence-corrected chi connectivity index (χ0v) is 19.5. The highest BCUT2D eigenvalue weighted by Gasteiger charge is 2.28. The molecule has 1 aliphatic carbocycles. The second-order valence-electron chi connectivity index (χ2n) is 8.84. The van der Waals surface area contributed by atoms with Gasteiger partial charge in [-0.2, -0.15) is 0 Å². The summed E-state index contributed by atoms with van der Waals surface area (Å²) in [6.45, 7) is 3.79. The third kappa shape index (κ3) is 5.00. The predicted octanol–water partition coefficient (Wildman–Crippen LogP) is 2.39. The molecule has 0 spiro atoms. The summed E-state index contributed by atoms with van der Waals surface area (Å²) in [6, 6.07) is 9.23. The van der Waals surface area contributed by atoms with Crippen LogP contribution in [0, 0.1) is 0 Å². The molecule has 35 heavy (non-hydrogen) atoms. The second-order valence-corrected chi connectivity index (χ2v) is 8.84. The first-order chi connectivity index (χ1) is 17.1. The average molecular weight is 476 g/mol. The van der Waals surface area contributed by atoms with Crippen molar-refractivity contribution in [1.29, 1.82) is 0 Å². The molecular formula is C26H29N5O4. The van der Waals surface area contributed by atoms with Crippen molar-refractivity contribution in [3.63, 3.8) is 0 Å². The highest BCUT2D eigenvalue weighted by molar-refractivity contribution is 5.89. The molecule has 0 radical (unpaired) electrons. The van der Waals surface area contributed by atoms with Gasteiger partial charge in [0.05, 0.1) is 12.1 Å². The smallest absolute Gasteiger partial charge is 0.340 e. The molecule has 5 rings (SSSR count). The summed E-state index contributed by atoms with van der Waals surface area (Å²) in [6.07, 6.45) is 9.38. The Morgan fingerprint density at radius 1 is 0.943 bits per heavy atom. The monoisotopic (exact) mass is 475 g/mol. The van der Waals surface area contributed by atoms with Gasteiger partial charge in [-0.3, -0.25) is 14.5 Å². The molecule has 9 heteroatoms. The molecule has 1 unspecified atom stereocenters. The summed E-state index contributed by atoms with van der Waals surface area (Å²) in [4.78, 5) is 25.8. The number of hydrogen-bond acceptors (Lipinski definition) is 8. The van der Waals surface area contributed by atoms with E-state index < -0.39 is 12.1 Å². The number of aromatic nitrogens is 3. The zero-order chi connectivity index (χ0) is 24.2. The lowest BCUT2D eigenvalue weighted by Crippen LogP contribution is -2.49. The van der Waals surface area contributed by atoms with Crippen LogP contribution in [-0.4, -0.2) is 74.4 Å². The molecule has 1 fully saturated rings. The molecule has 2 N–H and O–H groups in total. The predicted molar refractivity (Wildman–Crippen MR) is 131 cm³/mol. The van der Waals surface area contributed by atoms with Gasteiger partial charge in [-0.25, -0.2) is 9.78 Å². The molecule has 1 atom stereocenters. The highest BCUT2D eigenvalue weighted by atomic mass is 16.5. The molecule has 0 amide bonds. The lowest BCUT2D eigenvalue weighted by atomic mass is 10.0. The van der Waals surface area contributed by atoms with E-state index in [2.05, 4.69) is 19.8 Å². The van der Waals surface area contributed by atoms with Gasteiger partial charge < -0.3 is 19.8 Å². The Hall–Kier alpha value is -3.85. The molecule has 4 heterocycles. The number of rotatable bonds is 7. The number of pyridine rings is 2. The zero-order valence-electron chi connectivity index (χ0n) is 19.5. The first-order valence-corrected chi connectivity index (χ1v) is 11.9. The summed E-state index contributed by atoms with van der Waals surface area (Å²) in [5.74, 6) is 0.536. The lowest BCUT2D eigenvalue weighted by Gasteiger charge is -2.36. The number of esters is 1. The minimum absolute atomic E-state index is 0.0317. The summed E-state index contributed by atoms with van der Waals surface area (Å²) >= 11 is 0. The number of hydrogen-bond donors (Lipinski definition) is 2. The van der Waals surface area contributed by atoms with E-state index in [1.54, 1.807) is 24.5 Å². The van der Waals surface area contributed by atoms with E-state index in [4.69, 9.17) is 4.74 Å². The highest BCUT2D eigenvalue weighted by Crippen LogP contribution is 2.37. The van der Waals surface area contributed by atoms with E-state index in [1.807, 2.05) is 30.4 Å². The minimum atomic E-state index is -0.581. The number of nitrogens with zero attached hydrogens (tertiary/aromatic N) is 5. The summed E-state index contributed by atoms with van der Waals surface area (Å²) in [5, 5.41) is 21.6. The number of anilines is 1. The summed E-state index contributed by atoms with van der Waals surface area (Å²) < 4.78 is 7.35. The molecule has 0 bridgehead atoms. The molecular weight excluding hydrogens is 446 g/mol. The Morgan fingerprint density at radius 2 is 1.69 bits per heavy atom. The summed E-state index contributed by atoms with van der Waals surface area (Å²) in [7, 11) is 0. The van der Waals surface area contributed by atoms with Crippen LogP contribution in [0.5, 0.6) is 11.8 Å². The van der Waals surface area contributed by atoms with E-state index in [-0.39, 0.29) is 18.3 Å². The van der Waals surface area contributed by atoms with Crippen LogP contribution >= 0.6 is 0 Å². The lowest BCUT2D eigenvalue weighted by molar-refractivity contribution is 0.0136. The van der Waals surface area contributed by atoms with Crippen molar-refractivity contribution < 1.29 is 19.7 Å². The van der Waals surface area contributed by atoms with Gasteiger partial charge in [0.25, 0.3) is 0 Å². The van der Waals surface area contributed by atoms with Gasteiger partial charge in [0.2, 0.25) is 0 Å². The van der Waals surface area contributed by atoms with Crippen molar-refractivity contribution in [1.82, 2.24) is 19.4 Å². The molecule has 0 aromatic carbocycles. The maximum absolute atomic E-state index is 12.8. The third-order valence-electron chi connectivity index (χ3n) is 6.59. The standard InChI is InChI=1S/C26H29N5O4/c32-24-21-7-1-2-8-22(21)25(33)31(24)18-20(35-26(34)19-6-5-10-27-16-19)17-29-12-14-30(15-13-29)23-9-3-4-11-28-23/h1-6,9-11,16,20,32-33H,7-8,12-15,17-18H2. The van der Waals surface area contributed by atoms with Gasteiger partial charge >= 0.3 is 5.97 Å². The van der Waals surface area contributed by atoms with Gasteiger partial charge in [-0.1, -0.05) is 18.2 Å². The van der Waals surface area contributed by atoms with Crippen LogP contribution in [0.25, 0.3) is 0 Å². The SMILES string of the molecule is O=C(OC(CN1CCN(c2ccccn2)CC1)Cn1c(O)c2c(c1O)CC=CC2)c1cccnc1. The molecule has 1 saturated heterocycles. The molecule has 0 saturated carbocycles. The van der Waals surface area contributed by atoms with Crippen molar-refractivity contribution in [2.24, 2.45) is 0 Å². The fourth-order valence-corrected chi connectivity index (χ4v) is 4.73. The molecule has 182 valence electrons. The fraction of sp³-hybridized carbons (Fsp3) is 0.346. The first-order valence-electron chi connectivity index (χ1n) is 11.9. The third-order valence-corrected chi connectivity index (χ3v) is 6.59. The molecule has 3 aromatic rings. The molecule has 2 aliphatic rings. The van der Waals surface area contributed by atoms with E-state index in [1.165, 1.54) is 10.8 Å². The number of piperazine rings is 1. The van der Waals surface area contributed by atoms with Crippen molar-refractivity contribution in [2.45, 2.75) is 25.5 Å². The Kier molecular flexibility index (Phi) is 6.67. The average Bonchev–Trinajstić information content (AvgIpc) is 3.15. The van der Waals surface area contributed by atoms with E-state index in [0.717, 1.165) is 43.1 Å². The van der Waals surface area contributed by atoms with Crippen LogP contribution in [0.2, 0.25) is 0 Å². The second kappa shape index (κ2) is 10.2. The van der Waals surface area contributed by atoms with E-state index >= 15 is 0 Å². The largest absolute Gasteiger partial charge is 0.494 e. The van der Waals surface area contributed by atoms with Crippen molar-refractivity contribution in [3.05, 3.63) is 77.8 Å². The fourth-order valence-electron chi connectivity index (χ4n) is 4.73. The number of allylic oxidation sites excluding steroid dienone is 2. The van der Waals surface area contributed by atoms with Gasteiger partial charge in [0, 0.05) is 62.4 Å². The molecule has 9 nitrogen and oxygen atoms in total. The number of ether oxygens (including phenoxy) is 1. The van der Waals surface area contributed by atoms with Crippen LogP contribution in [0.1, 0.15) is 21.5 Å². The van der Waals surface area contributed by atoms with E-state index in [9.17, 15) is 15.0 Å². The topological polar surface area (TPSA) is 104 Å². The van der Waals surface area contributed by atoms with E-state index in [0.29, 0.717) is 24.9 Å². The van der Waals surface area contributed by atoms with Crippen molar-refractivity contribution in [3.8, 4) is 11.8 Å². The Morgan fingerprint density at radius 3 is 2.31 bits per heavy atom.